The van der Waals surface area contributed by atoms with Crippen molar-refractivity contribution in [2.45, 2.75) is 46.1 Å². The van der Waals surface area contributed by atoms with E-state index in [4.69, 9.17) is 0 Å². The van der Waals surface area contributed by atoms with E-state index in [2.05, 4.69) is 67.6 Å². The van der Waals surface area contributed by atoms with Gasteiger partial charge in [0, 0.05) is 10.9 Å². The van der Waals surface area contributed by atoms with E-state index in [1.54, 1.807) is 11.3 Å². The van der Waals surface area contributed by atoms with Crippen LogP contribution in [0.5, 0.6) is 0 Å². The highest BCUT2D eigenvalue weighted by molar-refractivity contribution is 7.07. The molecule has 0 fully saturated rings. The maximum absolute atomic E-state index is 4.45. The number of hydrogen-bond acceptors (Lipinski definition) is 3. The van der Waals surface area contributed by atoms with Gasteiger partial charge < -0.3 is 5.32 Å². The standard InChI is InChI=1S/C18H26N2S/c1-14-6-5-7-15(8-14)9-16(11-20-18(2,3)4)10-17-12-21-13-19-17/h5-8,12-13,16,20H,9-11H2,1-4H3. The van der Waals surface area contributed by atoms with Crippen molar-refractivity contribution in [1.82, 2.24) is 10.3 Å². The van der Waals surface area contributed by atoms with Crippen LogP contribution < -0.4 is 5.32 Å². The lowest BCUT2D eigenvalue weighted by molar-refractivity contribution is 0.366. The summed E-state index contributed by atoms with van der Waals surface area (Å²) >= 11 is 1.68. The highest BCUT2D eigenvalue weighted by Crippen LogP contribution is 2.16. The van der Waals surface area contributed by atoms with Crippen LogP contribution in [0.25, 0.3) is 0 Å². The van der Waals surface area contributed by atoms with Crippen LogP contribution in [0.1, 0.15) is 37.6 Å². The summed E-state index contributed by atoms with van der Waals surface area (Å²) in [5, 5.41) is 5.81. The number of rotatable bonds is 6. The van der Waals surface area contributed by atoms with E-state index in [1.807, 2.05) is 5.51 Å². The van der Waals surface area contributed by atoms with Crippen LogP contribution in [0.4, 0.5) is 0 Å². The summed E-state index contributed by atoms with van der Waals surface area (Å²) in [6, 6.07) is 8.84. The Labute approximate surface area is 132 Å². The number of aromatic nitrogens is 1. The van der Waals surface area contributed by atoms with E-state index < -0.39 is 0 Å². The molecule has 1 atom stereocenters. The summed E-state index contributed by atoms with van der Waals surface area (Å²) in [6.07, 6.45) is 2.14. The van der Waals surface area contributed by atoms with Gasteiger partial charge in [-0.15, -0.1) is 11.3 Å². The van der Waals surface area contributed by atoms with E-state index in [0.717, 1.165) is 19.4 Å². The lowest BCUT2D eigenvalue weighted by Crippen LogP contribution is -2.40. The van der Waals surface area contributed by atoms with Gasteiger partial charge in [-0.3, -0.25) is 0 Å². The Morgan fingerprint density at radius 3 is 2.67 bits per heavy atom. The molecule has 114 valence electrons. The molecule has 0 radical (unpaired) electrons. The average molecular weight is 302 g/mol. The van der Waals surface area contributed by atoms with Crippen LogP contribution in [-0.2, 0) is 12.8 Å². The number of benzene rings is 1. The van der Waals surface area contributed by atoms with Gasteiger partial charge in [0.15, 0.2) is 0 Å². The van der Waals surface area contributed by atoms with E-state index in [-0.39, 0.29) is 5.54 Å². The molecule has 0 amide bonds. The summed E-state index contributed by atoms with van der Waals surface area (Å²) in [4.78, 5) is 4.45. The van der Waals surface area contributed by atoms with Crippen molar-refractivity contribution in [3.05, 3.63) is 52.0 Å². The second-order valence-electron chi connectivity index (χ2n) is 6.87. The molecule has 1 aromatic carbocycles. The van der Waals surface area contributed by atoms with Gasteiger partial charge in [0.25, 0.3) is 0 Å². The first-order valence-electron chi connectivity index (χ1n) is 7.60. The Balaban J connectivity index is 2.03. The van der Waals surface area contributed by atoms with Crippen LogP contribution in [0.15, 0.2) is 35.2 Å². The van der Waals surface area contributed by atoms with Gasteiger partial charge in [-0.1, -0.05) is 29.8 Å². The summed E-state index contributed by atoms with van der Waals surface area (Å²) in [5.74, 6) is 0.577. The predicted molar refractivity (Wildman–Crippen MR) is 91.9 cm³/mol. The molecule has 0 saturated carbocycles. The zero-order valence-electron chi connectivity index (χ0n) is 13.5. The molecule has 2 rings (SSSR count). The summed E-state index contributed by atoms with van der Waals surface area (Å²) in [7, 11) is 0. The zero-order chi connectivity index (χ0) is 15.3. The smallest absolute Gasteiger partial charge is 0.0794 e. The van der Waals surface area contributed by atoms with E-state index >= 15 is 0 Å². The number of hydrogen-bond donors (Lipinski definition) is 1. The van der Waals surface area contributed by atoms with E-state index in [0.29, 0.717) is 5.92 Å². The molecule has 1 N–H and O–H groups in total. The van der Waals surface area contributed by atoms with Gasteiger partial charge in [-0.2, -0.15) is 0 Å². The zero-order valence-corrected chi connectivity index (χ0v) is 14.3. The Morgan fingerprint density at radius 1 is 1.24 bits per heavy atom. The van der Waals surface area contributed by atoms with Gasteiger partial charge >= 0.3 is 0 Å². The first kappa shape index (κ1) is 16.2. The Bertz CT molecular complexity index is 541. The normalized spacial score (nSPS) is 13.3. The van der Waals surface area contributed by atoms with Crippen LogP contribution >= 0.6 is 11.3 Å². The van der Waals surface area contributed by atoms with Gasteiger partial charge in [0.2, 0.25) is 0 Å². The molecule has 0 saturated heterocycles. The highest BCUT2D eigenvalue weighted by Gasteiger charge is 2.16. The van der Waals surface area contributed by atoms with Crippen molar-refractivity contribution in [2.75, 3.05) is 6.54 Å². The molecule has 2 aromatic rings. The molecule has 3 heteroatoms. The van der Waals surface area contributed by atoms with Crippen molar-refractivity contribution in [1.29, 1.82) is 0 Å². The lowest BCUT2D eigenvalue weighted by Gasteiger charge is -2.25. The third-order valence-corrected chi connectivity index (χ3v) is 4.14. The third-order valence-electron chi connectivity index (χ3n) is 3.51. The lowest BCUT2D eigenvalue weighted by atomic mass is 9.93. The highest BCUT2D eigenvalue weighted by atomic mass is 32.1. The maximum atomic E-state index is 4.45. The molecule has 2 nitrogen and oxygen atoms in total. The fourth-order valence-corrected chi connectivity index (χ4v) is 3.04. The Morgan fingerprint density at radius 2 is 2.05 bits per heavy atom. The van der Waals surface area contributed by atoms with Crippen molar-refractivity contribution in [2.24, 2.45) is 5.92 Å². The minimum atomic E-state index is 0.160. The molecule has 0 spiro atoms. The molecule has 0 aliphatic rings. The molecular formula is C18H26N2S. The van der Waals surface area contributed by atoms with Gasteiger partial charge in [0.05, 0.1) is 11.2 Å². The summed E-state index contributed by atoms with van der Waals surface area (Å²) < 4.78 is 0. The molecule has 1 unspecified atom stereocenters. The number of nitrogens with one attached hydrogen (secondary N) is 1. The number of aryl methyl sites for hydroxylation is 1. The number of nitrogens with zero attached hydrogens (tertiary/aromatic N) is 1. The van der Waals surface area contributed by atoms with Crippen molar-refractivity contribution < 1.29 is 0 Å². The summed E-state index contributed by atoms with van der Waals surface area (Å²) in [6.45, 7) is 9.85. The van der Waals surface area contributed by atoms with Crippen LogP contribution in [0, 0.1) is 12.8 Å². The molecule has 1 aromatic heterocycles. The molecule has 21 heavy (non-hydrogen) atoms. The topological polar surface area (TPSA) is 24.9 Å². The van der Waals surface area contributed by atoms with Crippen molar-refractivity contribution >= 4 is 11.3 Å². The van der Waals surface area contributed by atoms with Gasteiger partial charge in [-0.05, 0) is 58.6 Å². The molecule has 0 aliphatic carbocycles. The van der Waals surface area contributed by atoms with Crippen LogP contribution in [-0.4, -0.2) is 17.1 Å². The van der Waals surface area contributed by atoms with Gasteiger partial charge in [0.1, 0.15) is 0 Å². The van der Waals surface area contributed by atoms with E-state index in [1.165, 1.54) is 16.8 Å². The average Bonchev–Trinajstić information content (AvgIpc) is 2.88. The molecular weight excluding hydrogens is 276 g/mol. The maximum Gasteiger partial charge on any atom is 0.0794 e. The second kappa shape index (κ2) is 7.19. The van der Waals surface area contributed by atoms with Crippen LogP contribution in [0.3, 0.4) is 0 Å². The van der Waals surface area contributed by atoms with Crippen LogP contribution in [0.2, 0.25) is 0 Å². The molecule has 0 aliphatic heterocycles. The first-order chi connectivity index (χ1) is 9.92. The second-order valence-corrected chi connectivity index (χ2v) is 7.59. The molecule has 1 heterocycles. The predicted octanol–water partition coefficient (Wildman–Crippen LogP) is 4.24. The minimum absolute atomic E-state index is 0.160. The number of thiazole rings is 1. The quantitative estimate of drug-likeness (QED) is 0.863. The third kappa shape index (κ3) is 5.98. The van der Waals surface area contributed by atoms with Crippen molar-refractivity contribution in [3.8, 4) is 0 Å². The Kier molecular flexibility index (Phi) is 5.54. The van der Waals surface area contributed by atoms with Gasteiger partial charge in [-0.25, -0.2) is 4.98 Å². The fraction of sp³-hybridized carbons (Fsp3) is 0.500. The monoisotopic (exact) mass is 302 g/mol. The first-order valence-corrected chi connectivity index (χ1v) is 8.54. The largest absolute Gasteiger partial charge is 0.312 e. The Hall–Kier alpha value is -1.19. The van der Waals surface area contributed by atoms with E-state index in [9.17, 15) is 0 Å². The summed E-state index contributed by atoms with van der Waals surface area (Å²) in [5.41, 5.74) is 6.06. The SMILES string of the molecule is Cc1cccc(CC(CNC(C)(C)C)Cc2cscn2)c1. The fourth-order valence-electron chi connectivity index (χ4n) is 2.47. The van der Waals surface area contributed by atoms with Crippen molar-refractivity contribution in [3.63, 3.8) is 0 Å². The molecule has 0 bridgehead atoms. The minimum Gasteiger partial charge on any atom is -0.312 e.